The molecule has 0 bridgehead atoms. The maximum atomic E-state index is 5.58. The Bertz CT molecular complexity index is 1170. The molecule has 3 aromatic carbocycles. The van der Waals surface area contributed by atoms with Crippen LogP contribution < -0.4 is 15.5 Å². The molecule has 1 fully saturated rings. The molecule has 3 nitrogen and oxygen atoms in total. The van der Waals surface area contributed by atoms with Gasteiger partial charge in [0.1, 0.15) is 0 Å². The Hall–Kier alpha value is -2.76. The Balaban J connectivity index is 1.42. The van der Waals surface area contributed by atoms with Crippen LogP contribution in [0.25, 0.3) is 16.8 Å². The Morgan fingerprint density at radius 2 is 1.75 bits per heavy atom. The fourth-order valence-electron chi connectivity index (χ4n) is 4.56. The molecule has 1 atom stereocenters. The Labute approximate surface area is 200 Å². The van der Waals surface area contributed by atoms with Gasteiger partial charge in [-0.05, 0) is 71.4 Å². The summed E-state index contributed by atoms with van der Waals surface area (Å²) >= 11 is 11.0. The van der Waals surface area contributed by atoms with Crippen LogP contribution in [0.5, 0.6) is 0 Å². The quantitative estimate of drug-likeness (QED) is 0.463. The van der Waals surface area contributed by atoms with Gasteiger partial charge in [0.2, 0.25) is 0 Å². The van der Waals surface area contributed by atoms with Crippen LogP contribution in [0.1, 0.15) is 29.5 Å². The van der Waals surface area contributed by atoms with Crippen LogP contribution in [0.2, 0.25) is 0 Å². The standard InChI is InChI=1S/C27H27N3S2/c31-18-30(15-5-8-19-6-2-1-3-7-19)25-14-11-20-9-4-10-21-16-23(17-24(25)26(20)21)29-27(32)28-22-12-13-22/h1-11,14,18,22-23H,12-13,15-17H2,(H2,28,29,32). The molecule has 2 aliphatic carbocycles. The molecule has 0 amide bonds. The highest BCUT2D eigenvalue weighted by atomic mass is 32.1. The molecule has 162 valence electrons. The number of nitrogens with one attached hydrogen (secondary N) is 2. The zero-order valence-corrected chi connectivity index (χ0v) is 19.6. The summed E-state index contributed by atoms with van der Waals surface area (Å²) in [7, 11) is 0. The molecule has 1 saturated carbocycles. The van der Waals surface area contributed by atoms with Gasteiger partial charge in [-0.1, -0.05) is 79.0 Å². The summed E-state index contributed by atoms with van der Waals surface area (Å²) in [6, 6.07) is 22.3. The lowest BCUT2D eigenvalue weighted by atomic mass is 9.84. The molecular formula is C27H27N3S2. The van der Waals surface area contributed by atoms with Gasteiger partial charge in [-0.15, -0.1) is 0 Å². The van der Waals surface area contributed by atoms with E-state index < -0.39 is 0 Å². The van der Waals surface area contributed by atoms with Crippen molar-refractivity contribution in [1.82, 2.24) is 10.6 Å². The summed E-state index contributed by atoms with van der Waals surface area (Å²) in [5.41, 5.74) is 6.88. The van der Waals surface area contributed by atoms with E-state index in [1.54, 1.807) is 5.49 Å². The smallest absolute Gasteiger partial charge is 0.166 e. The summed E-state index contributed by atoms with van der Waals surface area (Å²) < 4.78 is 0. The van der Waals surface area contributed by atoms with E-state index in [0.29, 0.717) is 6.04 Å². The molecule has 0 heterocycles. The van der Waals surface area contributed by atoms with E-state index in [-0.39, 0.29) is 6.04 Å². The van der Waals surface area contributed by atoms with E-state index in [0.717, 1.165) is 24.5 Å². The second kappa shape index (κ2) is 9.39. The first-order valence-corrected chi connectivity index (χ1v) is 12.1. The lowest BCUT2D eigenvalue weighted by molar-refractivity contribution is 0.586. The number of anilines is 1. The first kappa shape index (κ1) is 21.1. The highest BCUT2D eigenvalue weighted by Crippen LogP contribution is 2.36. The molecule has 5 heteroatoms. The second-order valence-corrected chi connectivity index (χ2v) is 9.27. The van der Waals surface area contributed by atoms with Gasteiger partial charge in [-0.2, -0.15) is 0 Å². The van der Waals surface area contributed by atoms with Gasteiger partial charge < -0.3 is 15.5 Å². The molecule has 0 aromatic heterocycles. The average Bonchev–Trinajstić information content (AvgIpc) is 3.62. The number of hydrogen-bond donors (Lipinski definition) is 2. The van der Waals surface area contributed by atoms with E-state index in [1.807, 2.05) is 6.07 Å². The van der Waals surface area contributed by atoms with Crippen molar-refractivity contribution in [3.63, 3.8) is 0 Å². The molecule has 32 heavy (non-hydrogen) atoms. The Kier molecular flexibility index (Phi) is 6.19. The zero-order valence-electron chi connectivity index (χ0n) is 18.0. The zero-order chi connectivity index (χ0) is 21.9. The molecule has 0 radical (unpaired) electrons. The van der Waals surface area contributed by atoms with Gasteiger partial charge in [-0.25, -0.2) is 0 Å². The highest BCUT2D eigenvalue weighted by molar-refractivity contribution is 7.80. The van der Waals surface area contributed by atoms with Gasteiger partial charge >= 0.3 is 0 Å². The van der Waals surface area contributed by atoms with Gasteiger partial charge in [0.25, 0.3) is 0 Å². The van der Waals surface area contributed by atoms with Crippen molar-refractivity contribution >= 4 is 57.6 Å². The number of benzene rings is 3. The summed E-state index contributed by atoms with van der Waals surface area (Å²) in [4.78, 5) is 2.17. The Morgan fingerprint density at radius 3 is 2.53 bits per heavy atom. The molecule has 2 N–H and O–H groups in total. The van der Waals surface area contributed by atoms with Crippen molar-refractivity contribution in [2.75, 3.05) is 11.4 Å². The summed E-state index contributed by atoms with van der Waals surface area (Å²) in [6.07, 6.45) is 8.67. The molecule has 0 spiro atoms. The number of nitrogens with zero attached hydrogens (tertiary/aromatic N) is 1. The van der Waals surface area contributed by atoms with E-state index in [1.165, 1.54) is 46.0 Å². The maximum Gasteiger partial charge on any atom is 0.166 e. The molecule has 5 rings (SSSR count). The molecular weight excluding hydrogens is 430 g/mol. The van der Waals surface area contributed by atoms with Gasteiger partial charge in [0.05, 0.1) is 5.49 Å². The molecule has 2 aliphatic rings. The average molecular weight is 458 g/mol. The van der Waals surface area contributed by atoms with Gasteiger partial charge in [0.15, 0.2) is 5.11 Å². The number of thiocarbonyl (C=S) groups is 2. The fourth-order valence-corrected chi connectivity index (χ4v) is 5.09. The lowest BCUT2D eigenvalue weighted by Gasteiger charge is -2.31. The fraction of sp³-hybridized carbons (Fsp3) is 0.259. The van der Waals surface area contributed by atoms with Gasteiger partial charge in [-0.3, -0.25) is 0 Å². The third-order valence-electron chi connectivity index (χ3n) is 6.23. The first-order chi connectivity index (χ1) is 15.7. The molecule has 3 aromatic rings. The second-order valence-electron chi connectivity index (χ2n) is 8.65. The Morgan fingerprint density at radius 1 is 0.938 bits per heavy atom. The largest absolute Gasteiger partial charge is 0.360 e. The van der Waals surface area contributed by atoms with Crippen LogP contribution in [0.15, 0.2) is 66.7 Å². The van der Waals surface area contributed by atoms with E-state index >= 15 is 0 Å². The van der Waals surface area contributed by atoms with Crippen LogP contribution in [0, 0.1) is 0 Å². The normalized spacial score (nSPS) is 17.3. The van der Waals surface area contributed by atoms with Crippen LogP contribution in [0.4, 0.5) is 5.69 Å². The van der Waals surface area contributed by atoms with Crippen LogP contribution in [-0.4, -0.2) is 29.2 Å². The monoisotopic (exact) mass is 457 g/mol. The van der Waals surface area contributed by atoms with E-state index in [4.69, 9.17) is 24.4 Å². The lowest BCUT2D eigenvalue weighted by Crippen LogP contribution is -2.45. The van der Waals surface area contributed by atoms with Crippen LogP contribution >= 0.6 is 24.4 Å². The van der Waals surface area contributed by atoms with Crippen molar-refractivity contribution in [1.29, 1.82) is 0 Å². The minimum absolute atomic E-state index is 0.278. The van der Waals surface area contributed by atoms with Crippen LogP contribution in [-0.2, 0) is 12.8 Å². The highest BCUT2D eigenvalue weighted by Gasteiger charge is 2.27. The molecule has 1 unspecified atom stereocenters. The van der Waals surface area contributed by atoms with Crippen molar-refractivity contribution in [2.24, 2.45) is 0 Å². The maximum absolute atomic E-state index is 5.58. The van der Waals surface area contributed by atoms with Gasteiger partial charge in [0, 0.05) is 24.3 Å². The first-order valence-electron chi connectivity index (χ1n) is 11.3. The number of rotatable bonds is 7. The van der Waals surface area contributed by atoms with Crippen molar-refractivity contribution in [3.8, 4) is 0 Å². The summed E-state index contributed by atoms with van der Waals surface area (Å²) in [5.74, 6) is 0. The summed E-state index contributed by atoms with van der Waals surface area (Å²) in [6.45, 7) is 0.735. The predicted octanol–water partition coefficient (Wildman–Crippen LogP) is 5.41. The van der Waals surface area contributed by atoms with Crippen LogP contribution in [0.3, 0.4) is 0 Å². The third kappa shape index (κ3) is 4.69. The van der Waals surface area contributed by atoms with Crippen molar-refractivity contribution in [3.05, 3.63) is 83.4 Å². The topological polar surface area (TPSA) is 27.3 Å². The van der Waals surface area contributed by atoms with Crippen molar-refractivity contribution < 1.29 is 0 Å². The SMILES string of the molecule is S=CN(CC=Cc1ccccc1)c1ccc2cccc3c2c1CC(NC(=S)NC1CC1)C3. The minimum Gasteiger partial charge on any atom is -0.360 e. The predicted molar refractivity (Wildman–Crippen MR) is 144 cm³/mol. The van der Waals surface area contributed by atoms with Crippen molar-refractivity contribution in [2.45, 2.75) is 37.8 Å². The minimum atomic E-state index is 0.278. The van der Waals surface area contributed by atoms with E-state index in [2.05, 4.69) is 82.3 Å². The number of hydrogen-bond acceptors (Lipinski definition) is 2. The summed E-state index contributed by atoms with van der Waals surface area (Å²) in [5, 5.41) is 10.4. The third-order valence-corrected chi connectivity index (χ3v) is 6.72. The molecule has 0 aliphatic heterocycles. The van der Waals surface area contributed by atoms with E-state index in [9.17, 15) is 0 Å². The molecule has 0 saturated heterocycles.